The van der Waals surface area contributed by atoms with E-state index in [1.807, 2.05) is 18.2 Å². The molecule has 2 saturated heterocycles. The van der Waals surface area contributed by atoms with Crippen LogP contribution in [-0.2, 0) is 4.79 Å². The van der Waals surface area contributed by atoms with Gasteiger partial charge in [-0.25, -0.2) is 4.39 Å². The molecule has 2 aromatic rings. The van der Waals surface area contributed by atoms with Crippen molar-refractivity contribution in [2.24, 2.45) is 17.8 Å². The average Bonchev–Trinajstić information content (AvgIpc) is 3.34. The second kappa shape index (κ2) is 12.0. The average molecular weight is 526 g/mol. The summed E-state index contributed by atoms with van der Waals surface area (Å²) in [5, 5.41) is 3.56. The number of carbonyl (C=O) groups is 2. The molecule has 0 bridgehead atoms. The minimum Gasteiger partial charge on any atom is -0.349 e. The lowest BCUT2D eigenvalue weighted by molar-refractivity contribution is -0.126. The van der Waals surface area contributed by atoms with E-state index in [4.69, 9.17) is 11.6 Å². The summed E-state index contributed by atoms with van der Waals surface area (Å²) in [6, 6.07) is 14.7. The van der Waals surface area contributed by atoms with Gasteiger partial charge in [0, 0.05) is 38.6 Å². The summed E-state index contributed by atoms with van der Waals surface area (Å²) in [6.07, 6.45) is 7.61. The van der Waals surface area contributed by atoms with Crippen LogP contribution in [0.15, 0.2) is 48.5 Å². The molecule has 2 unspecified atom stereocenters. The fraction of sp³-hybridized carbons (Fsp3) is 0.533. The smallest absolute Gasteiger partial charge is 0.258 e. The van der Waals surface area contributed by atoms with Crippen molar-refractivity contribution in [2.75, 3.05) is 32.7 Å². The van der Waals surface area contributed by atoms with Gasteiger partial charge in [-0.3, -0.25) is 9.59 Å². The van der Waals surface area contributed by atoms with Gasteiger partial charge in [-0.05, 0) is 48.8 Å². The van der Waals surface area contributed by atoms with Gasteiger partial charge in [-0.2, -0.15) is 0 Å². The first-order chi connectivity index (χ1) is 18.0. The zero-order valence-corrected chi connectivity index (χ0v) is 22.1. The summed E-state index contributed by atoms with van der Waals surface area (Å²) in [4.78, 5) is 30.4. The van der Waals surface area contributed by atoms with Crippen LogP contribution in [0.1, 0.15) is 66.9 Å². The van der Waals surface area contributed by atoms with Crippen LogP contribution in [-0.4, -0.2) is 54.3 Å². The number of fused-ring (bicyclic) bond motifs is 1. The first-order valence-corrected chi connectivity index (χ1v) is 14.2. The number of nitrogens with one attached hydrogen (secondary N) is 1. The van der Waals surface area contributed by atoms with Crippen molar-refractivity contribution in [1.82, 2.24) is 15.1 Å². The maximum Gasteiger partial charge on any atom is 0.258 e. The highest BCUT2D eigenvalue weighted by molar-refractivity contribution is 6.33. The van der Waals surface area contributed by atoms with Crippen molar-refractivity contribution < 1.29 is 14.0 Å². The second-order valence-corrected chi connectivity index (χ2v) is 11.4. The Morgan fingerprint density at radius 1 is 0.919 bits per heavy atom. The summed E-state index contributed by atoms with van der Waals surface area (Å²) in [6.45, 7) is 3.98. The molecule has 198 valence electrons. The van der Waals surface area contributed by atoms with Gasteiger partial charge < -0.3 is 15.1 Å². The van der Waals surface area contributed by atoms with Crippen molar-refractivity contribution >= 4 is 23.4 Å². The van der Waals surface area contributed by atoms with Gasteiger partial charge in [-0.1, -0.05) is 73.7 Å². The number of hydrogen-bond donors (Lipinski definition) is 1. The van der Waals surface area contributed by atoms with Crippen molar-refractivity contribution in [3.63, 3.8) is 0 Å². The molecule has 3 atom stereocenters. The topological polar surface area (TPSA) is 52.7 Å². The molecule has 7 heteroatoms. The first-order valence-electron chi connectivity index (χ1n) is 13.8. The Morgan fingerprint density at radius 2 is 1.59 bits per heavy atom. The van der Waals surface area contributed by atoms with Crippen LogP contribution >= 0.6 is 11.6 Å². The van der Waals surface area contributed by atoms with Crippen LogP contribution in [0.4, 0.5) is 4.39 Å². The Hall–Kier alpha value is -2.44. The third-order valence-electron chi connectivity index (χ3n) is 8.50. The van der Waals surface area contributed by atoms with Crippen LogP contribution in [0.25, 0.3) is 0 Å². The lowest BCUT2D eigenvalue weighted by atomic mass is 9.97. The number of benzene rings is 2. The highest BCUT2D eigenvalue weighted by Crippen LogP contribution is 2.34. The number of halogens is 2. The van der Waals surface area contributed by atoms with E-state index < -0.39 is 5.82 Å². The highest BCUT2D eigenvalue weighted by atomic mass is 35.5. The Bertz CT molecular complexity index is 1060. The molecule has 0 radical (unpaired) electrons. The largest absolute Gasteiger partial charge is 0.349 e. The Labute approximate surface area is 224 Å². The second-order valence-electron chi connectivity index (χ2n) is 11.0. The summed E-state index contributed by atoms with van der Waals surface area (Å²) < 4.78 is 14.3. The van der Waals surface area contributed by atoms with Gasteiger partial charge in [0.25, 0.3) is 5.91 Å². The number of nitrogens with zero attached hydrogens (tertiary/aromatic N) is 2. The van der Waals surface area contributed by atoms with Crippen molar-refractivity contribution in [3.05, 3.63) is 70.5 Å². The third kappa shape index (κ3) is 6.18. The van der Waals surface area contributed by atoms with E-state index in [9.17, 15) is 14.0 Å². The van der Waals surface area contributed by atoms with E-state index in [0.717, 1.165) is 57.3 Å². The molecular weight excluding hydrogens is 489 g/mol. The fourth-order valence-corrected chi connectivity index (χ4v) is 6.69. The lowest BCUT2D eigenvalue weighted by Crippen LogP contribution is -2.37. The fourth-order valence-electron chi connectivity index (χ4n) is 6.45. The molecule has 3 aliphatic rings. The summed E-state index contributed by atoms with van der Waals surface area (Å²) in [7, 11) is 0. The van der Waals surface area contributed by atoms with E-state index in [0.29, 0.717) is 24.9 Å². The zero-order chi connectivity index (χ0) is 25.8. The molecule has 37 heavy (non-hydrogen) atoms. The number of hydrogen-bond acceptors (Lipinski definition) is 3. The van der Waals surface area contributed by atoms with E-state index in [-0.39, 0.29) is 34.4 Å². The predicted molar refractivity (Wildman–Crippen MR) is 144 cm³/mol. The molecule has 1 aliphatic carbocycles. The number of amides is 2. The first kappa shape index (κ1) is 26.2. The highest BCUT2D eigenvalue weighted by Gasteiger charge is 2.42. The van der Waals surface area contributed by atoms with E-state index in [1.165, 1.54) is 25.0 Å². The SMILES string of the molecule is O=C(N[C@@H](CCN1CC2CN(C(=O)c3c(F)cccc3Cl)CC2C1)c1ccccc1)C1CCCCCC1. The van der Waals surface area contributed by atoms with Gasteiger partial charge in [0.05, 0.1) is 16.6 Å². The van der Waals surface area contributed by atoms with Gasteiger partial charge in [0.15, 0.2) is 0 Å². The van der Waals surface area contributed by atoms with Crippen molar-refractivity contribution in [1.29, 1.82) is 0 Å². The van der Waals surface area contributed by atoms with E-state index >= 15 is 0 Å². The number of likely N-dealkylation sites (tertiary alicyclic amines) is 2. The van der Waals surface area contributed by atoms with E-state index in [2.05, 4.69) is 22.3 Å². The molecule has 1 N–H and O–H groups in total. The molecule has 5 nitrogen and oxygen atoms in total. The van der Waals surface area contributed by atoms with Gasteiger partial charge in [0.1, 0.15) is 5.82 Å². The van der Waals surface area contributed by atoms with Crippen LogP contribution in [0.5, 0.6) is 0 Å². The van der Waals surface area contributed by atoms with E-state index in [1.54, 1.807) is 11.0 Å². The number of carbonyl (C=O) groups excluding carboxylic acids is 2. The van der Waals surface area contributed by atoms with Crippen LogP contribution in [0.2, 0.25) is 5.02 Å². The lowest BCUT2D eigenvalue weighted by Gasteiger charge is -2.26. The third-order valence-corrected chi connectivity index (χ3v) is 8.82. The van der Waals surface area contributed by atoms with Crippen LogP contribution < -0.4 is 5.32 Å². The standard InChI is InChI=1S/C30H37ClFN3O2/c31-25-13-8-14-26(32)28(25)30(37)35-19-23-17-34(18-24(23)20-35)16-15-27(21-9-6-3-7-10-21)33-29(36)22-11-4-1-2-5-12-22/h3,6-10,13-14,22-24,27H,1-2,4-5,11-12,15-20H2,(H,33,36)/t23?,24?,27-/m0/s1. The normalized spacial score (nSPS) is 23.5. The Kier molecular flexibility index (Phi) is 8.46. The molecule has 2 amide bonds. The maximum absolute atomic E-state index is 14.3. The minimum atomic E-state index is -0.561. The molecule has 0 aromatic heterocycles. The Balaban J connectivity index is 1.17. The molecule has 5 rings (SSSR count). The Morgan fingerprint density at radius 3 is 2.24 bits per heavy atom. The molecule has 0 spiro atoms. The maximum atomic E-state index is 14.3. The van der Waals surface area contributed by atoms with Gasteiger partial charge in [0.2, 0.25) is 5.91 Å². The van der Waals surface area contributed by atoms with Gasteiger partial charge >= 0.3 is 0 Å². The monoisotopic (exact) mass is 525 g/mol. The summed E-state index contributed by atoms with van der Waals surface area (Å²) in [5.74, 6) is 0.222. The molecule has 3 fully saturated rings. The molecule has 2 aromatic carbocycles. The van der Waals surface area contributed by atoms with Gasteiger partial charge in [-0.15, -0.1) is 0 Å². The predicted octanol–water partition coefficient (Wildman–Crippen LogP) is 5.70. The quantitative estimate of drug-likeness (QED) is 0.472. The number of rotatable bonds is 7. The van der Waals surface area contributed by atoms with Crippen LogP contribution in [0, 0.1) is 23.6 Å². The zero-order valence-electron chi connectivity index (χ0n) is 21.4. The summed E-state index contributed by atoms with van der Waals surface area (Å²) >= 11 is 6.14. The molecule has 1 saturated carbocycles. The van der Waals surface area contributed by atoms with Crippen LogP contribution in [0.3, 0.4) is 0 Å². The van der Waals surface area contributed by atoms with Crippen molar-refractivity contribution in [3.8, 4) is 0 Å². The molecule has 2 heterocycles. The molecular formula is C30H37ClFN3O2. The summed E-state index contributed by atoms with van der Waals surface area (Å²) in [5.41, 5.74) is 1.14. The minimum absolute atomic E-state index is 0.00123. The van der Waals surface area contributed by atoms with Crippen molar-refractivity contribution in [2.45, 2.75) is 51.0 Å². The molecule has 2 aliphatic heterocycles.